The standard InChI is InChI=1S/C3H6N6.2ClH.Hg/c4-1-7-2(5)9-3(6)8-1;;;/h(H6,4,5,6,7,8,9);2*1H;/q;;;+2/p-2. The van der Waals surface area contributed by atoms with Gasteiger partial charge in [-0.15, -0.1) is 0 Å². The predicted molar refractivity (Wildman–Crippen MR) is 44.8 cm³/mol. The summed E-state index contributed by atoms with van der Waals surface area (Å²) < 4.78 is 0. The van der Waals surface area contributed by atoms with Crippen molar-refractivity contribution in [3.63, 3.8) is 0 Å². The molecule has 1 aromatic heterocycles. The number of halogens is 2. The van der Waals surface area contributed by atoms with Crippen molar-refractivity contribution in [2.24, 2.45) is 0 Å². The molecule has 0 fully saturated rings. The second kappa shape index (κ2) is 6.44. The Kier molecular flexibility index (Phi) is 6.40. The van der Waals surface area contributed by atoms with E-state index in [9.17, 15) is 0 Å². The van der Waals surface area contributed by atoms with E-state index in [1.165, 1.54) is 0 Å². The summed E-state index contributed by atoms with van der Waals surface area (Å²) in [6.07, 6.45) is 0. The van der Waals surface area contributed by atoms with Crippen LogP contribution in [0.4, 0.5) is 17.8 Å². The van der Waals surface area contributed by atoms with Gasteiger partial charge < -0.3 is 17.2 Å². The first-order valence-corrected chi connectivity index (χ1v) is 16.3. The molecule has 0 saturated heterocycles. The second-order valence-electron chi connectivity index (χ2n) is 1.51. The Morgan fingerprint density at radius 3 is 1.17 bits per heavy atom. The fourth-order valence-electron chi connectivity index (χ4n) is 0.427. The van der Waals surface area contributed by atoms with Crippen LogP contribution in [0.2, 0.25) is 0 Å². The number of nitrogen functional groups attached to an aromatic ring is 3. The Hall–Kier alpha value is -0.0749. The zero-order valence-electron chi connectivity index (χ0n) is 6.04. The Morgan fingerprint density at radius 1 is 0.833 bits per heavy atom. The molecule has 6 nitrogen and oxygen atoms in total. The molecule has 1 aromatic rings. The average Bonchev–Trinajstić information content (AvgIpc) is 1.84. The molecule has 64 valence electrons. The van der Waals surface area contributed by atoms with Gasteiger partial charge in [-0.25, -0.2) is 0 Å². The predicted octanol–water partition coefficient (Wildman–Crippen LogP) is -0.00530. The monoisotopic (exact) mass is 398 g/mol. The summed E-state index contributed by atoms with van der Waals surface area (Å²) in [6, 6.07) is 0. The van der Waals surface area contributed by atoms with Crippen molar-refractivity contribution in [3.05, 3.63) is 0 Å². The van der Waals surface area contributed by atoms with E-state index in [0.717, 1.165) is 0 Å². The normalized spacial score (nSPS) is 7.83. The van der Waals surface area contributed by atoms with E-state index in [4.69, 9.17) is 33.7 Å². The maximum absolute atomic E-state index is 5.14. The molecule has 0 radical (unpaired) electrons. The van der Waals surface area contributed by atoms with Gasteiger partial charge in [0.25, 0.3) is 0 Å². The van der Waals surface area contributed by atoms with Crippen LogP contribution in [0.25, 0.3) is 0 Å². The van der Waals surface area contributed by atoms with Gasteiger partial charge in [-0.05, 0) is 0 Å². The van der Waals surface area contributed by atoms with Crippen molar-refractivity contribution < 1.29 is 22.1 Å². The molecule has 0 aliphatic rings. The summed E-state index contributed by atoms with van der Waals surface area (Å²) in [4.78, 5) is 10.5. The van der Waals surface area contributed by atoms with Crippen LogP contribution in [0.1, 0.15) is 0 Å². The third-order valence-electron chi connectivity index (χ3n) is 0.687. The van der Waals surface area contributed by atoms with E-state index >= 15 is 0 Å². The van der Waals surface area contributed by atoms with Crippen LogP contribution < -0.4 is 17.2 Å². The van der Waals surface area contributed by atoms with Crippen molar-refractivity contribution in [2.75, 3.05) is 17.2 Å². The molecule has 0 aromatic carbocycles. The van der Waals surface area contributed by atoms with Gasteiger partial charge in [-0.1, -0.05) is 0 Å². The third-order valence-corrected chi connectivity index (χ3v) is 0.687. The summed E-state index contributed by atoms with van der Waals surface area (Å²) in [6.45, 7) is 0. The molecule has 9 heteroatoms. The molecule has 1 rings (SSSR count). The number of aromatic nitrogens is 3. The summed E-state index contributed by atoms with van der Waals surface area (Å²) in [5.41, 5.74) is 15.4. The molecule has 0 saturated carbocycles. The van der Waals surface area contributed by atoms with Gasteiger partial charge >= 0.3 is 38.6 Å². The van der Waals surface area contributed by atoms with Gasteiger partial charge in [0, 0.05) is 0 Å². The molecule has 0 atom stereocenters. The first-order valence-electron chi connectivity index (χ1n) is 2.74. The molecule has 0 bridgehead atoms. The average molecular weight is 398 g/mol. The van der Waals surface area contributed by atoms with Crippen molar-refractivity contribution in [1.29, 1.82) is 0 Å². The van der Waals surface area contributed by atoms with E-state index in [1.807, 2.05) is 0 Å². The number of anilines is 3. The summed E-state index contributed by atoms with van der Waals surface area (Å²) in [5, 5.41) is 0. The fraction of sp³-hybridized carbons (Fsp3) is 0. The van der Waals surface area contributed by atoms with Crippen molar-refractivity contribution in [2.45, 2.75) is 0 Å². The van der Waals surface area contributed by atoms with Crippen molar-refractivity contribution in [1.82, 2.24) is 15.0 Å². The molecular weight excluding hydrogens is 392 g/mol. The third kappa shape index (κ3) is 5.56. The molecular formula is C3H6Cl2HgN6. The first kappa shape index (κ1) is 11.9. The summed E-state index contributed by atoms with van der Waals surface area (Å²) in [7, 11) is 9.97. The number of hydrogen-bond acceptors (Lipinski definition) is 6. The van der Waals surface area contributed by atoms with Crippen LogP contribution in [0, 0.1) is 0 Å². The fourth-order valence-corrected chi connectivity index (χ4v) is 0.427. The van der Waals surface area contributed by atoms with Gasteiger partial charge in [0.05, 0.1) is 0 Å². The van der Waals surface area contributed by atoms with E-state index in [1.54, 1.807) is 0 Å². The van der Waals surface area contributed by atoms with Crippen LogP contribution in [0.5, 0.6) is 0 Å². The molecule has 0 aliphatic carbocycles. The van der Waals surface area contributed by atoms with Crippen LogP contribution in [0.3, 0.4) is 0 Å². The van der Waals surface area contributed by atoms with E-state index in [-0.39, 0.29) is 17.8 Å². The first-order chi connectivity index (χ1) is 5.60. The van der Waals surface area contributed by atoms with Gasteiger partial charge in [-0.3, -0.25) is 0 Å². The Balaban J connectivity index is 0.000000354. The molecule has 0 unspecified atom stereocenters. The van der Waals surface area contributed by atoms with Crippen molar-refractivity contribution in [3.8, 4) is 0 Å². The number of hydrogen-bond donors (Lipinski definition) is 3. The topological polar surface area (TPSA) is 117 Å². The minimum atomic E-state index is -1.14. The minimum absolute atomic E-state index is 0.0417. The van der Waals surface area contributed by atoms with E-state index in [2.05, 4.69) is 15.0 Å². The molecule has 12 heavy (non-hydrogen) atoms. The van der Waals surface area contributed by atoms with Crippen LogP contribution in [-0.4, -0.2) is 15.0 Å². The molecule has 0 amide bonds. The van der Waals surface area contributed by atoms with Gasteiger partial charge in [0.2, 0.25) is 17.8 Å². The molecule has 0 aliphatic heterocycles. The van der Waals surface area contributed by atoms with Gasteiger partial charge in [-0.2, -0.15) is 15.0 Å². The zero-order valence-corrected chi connectivity index (χ0v) is 13.0. The molecule has 0 spiro atoms. The summed E-state index contributed by atoms with van der Waals surface area (Å²) in [5.74, 6) is 0.125. The Labute approximate surface area is 88.2 Å². The van der Waals surface area contributed by atoms with Crippen LogP contribution >= 0.6 is 16.5 Å². The number of rotatable bonds is 0. The molecule has 6 N–H and O–H groups in total. The summed E-state index contributed by atoms with van der Waals surface area (Å²) >= 11 is -1.14. The molecule has 1 heterocycles. The Morgan fingerprint density at radius 2 is 1.00 bits per heavy atom. The van der Waals surface area contributed by atoms with E-state index < -0.39 is 22.1 Å². The quantitative estimate of drug-likeness (QED) is 0.530. The van der Waals surface area contributed by atoms with Gasteiger partial charge in [0.1, 0.15) is 0 Å². The number of nitrogens with two attached hydrogens (primary N) is 3. The van der Waals surface area contributed by atoms with Crippen LogP contribution in [-0.2, 0) is 22.1 Å². The zero-order chi connectivity index (χ0) is 9.56. The maximum atomic E-state index is 5.14. The van der Waals surface area contributed by atoms with Gasteiger partial charge in [0.15, 0.2) is 0 Å². The van der Waals surface area contributed by atoms with Crippen LogP contribution in [0.15, 0.2) is 0 Å². The van der Waals surface area contributed by atoms with E-state index in [0.29, 0.717) is 0 Å². The number of nitrogens with zero attached hydrogens (tertiary/aromatic N) is 3. The SMILES string of the molecule is Nc1nc(N)nc(N)n1.[Cl][Hg][Cl]. The second-order valence-corrected chi connectivity index (χ2v) is 9.39. The Bertz CT molecular complexity index is 194. The van der Waals surface area contributed by atoms with Crippen molar-refractivity contribution >= 4 is 34.3 Å².